The Labute approximate surface area is 103 Å². The maximum absolute atomic E-state index is 11.6. The van der Waals surface area contributed by atoms with Crippen LogP contribution in [0, 0.1) is 0 Å². The van der Waals surface area contributed by atoms with Gasteiger partial charge in [-0.25, -0.2) is 0 Å². The Kier molecular flexibility index (Phi) is 4.85. The third-order valence-corrected chi connectivity index (χ3v) is 2.16. The zero-order valence-corrected chi connectivity index (χ0v) is 9.79. The monoisotopic (exact) mass is 254 g/mol. The zero-order valence-electron chi connectivity index (χ0n) is 9.79. The largest absolute Gasteiger partial charge is 0.480 e. The van der Waals surface area contributed by atoms with Crippen molar-refractivity contribution in [2.75, 3.05) is 13.1 Å². The number of hydrogen-bond donors (Lipinski definition) is 3. The van der Waals surface area contributed by atoms with Gasteiger partial charge in [-0.05, 0) is 13.0 Å². The topological polar surface area (TPSA) is 113 Å². The highest BCUT2D eigenvalue weighted by atomic mass is 16.4. The van der Waals surface area contributed by atoms with E-state index in [9.17, 15) is 14.4 Å². The molecule has 1 rings (SSSR count). The summed E-state index contributed by atoms with van der Waals surface area (Å²) in [4.78, 5) is 33.0. The highest BCUT2D eigenvalue weighted by molar-refractivity contribution is 5.87. The van der Waals surface area contributed by atoms with Gasteiger partial charge in [0.25, 0.3) is 0 Å². The van der Waals surface area contributed by atoms with E-state index >= 15 is 0 Å². The van der Waals surface area contributed by atoms with Gasteiger partial charge in [0, 0.05) is 12.4 Å². The number of nitrogens with one attached hydrogen (secondary N) is 2. The van der Waals surface area contributed by atoms with Crippen LogP contribution in [0.3, 0.4) is 0 Å². The molecule has 0 bridgehead atoms. The van der Waals surface area contributed by atoms with E-state index in [-0.39, 0.29) is 12.5 Å². The lowest BCUT2D eigenvalue weighted by atomic mass is 10.3. The first-order chi connectivity index (χ1) is 8.50. The van der Waals surface area contributed by atoms with Crippen molar-refractivity contribution in [2.24, 2.45) is 0 Å². The Morgan fingerprint density at radius 1 is 1.33 bits per heavy atom. The zero-order chi connectivity index (χ0) is 13.5. The van der Waals surface area contributed by atoms with Crippen LogP contribution in [0.15, 0.2) is 18.5 Å². The molecule has 3 N–H and O–H groups in total. The van der Waals surface area contributed by atoms with Crippen LogP contribution >= 0.6 is 0 Å². The Hall–Kier alpha value is -2.38. The maximum atomic E-state index is 11.6. The predicted octanol–water partition coefficient (Wildman–Crippen LogP) is -1.24. The Morgan fingerprint density at radius 2 is 2.06 bits per heavy atom. The number of carboxylic acids is 1. The fraction of sp³-hybridized carbons (Fsp3) is 0.400. The van der Waals surface area contributed by atoms with Gasteiger partial charge in [-0.15, -0.1) is 0 Å². The summed E-state index contributed by atoms with van der Waals surface area (Å²) in [6, 6.07) is 1.15. The SMILES string of the molecule is CC(C(=O)NCC(=O)NCC(=O)O)n1cccn1. The van der Waals surface area contributed by atoms with E-state index in [0.717, 1.165) is 0 Å². The summed E-state index contributed by atoms with van der Waals surface area (Å²) >= 11 is 0. The maximum Gasteiger partial charge on any atom is 0.322 e. The first-order valence-electron chi connectivity index (χ1n) is 5.26. The summed E-state index contributed by atoms with van der Waals surface area (Å²) < 4.78 is 1.45. The molecule has 1 aromatic heterocycles. The normalized spacial score (nSPS) is 11.6. The number of carbonyl (C=O) groups is 3. The first-order valence-corrected chi connectivity index (χ1v) is 5.26. The minimum Gasteiger partial charge on any atom is -0.480 e. The van der Waals surface area contributed by atoms with Crippen molar-refractivity contribution in [1.29, 1.82) is 0 Å². The fourth-order valence-electron chi connectivity index (χ4n) is 1.18. The van der Waals surface area contributed by atoms with Gasteiger partial charge in [-0.2, -0.15) is 5.10 Å². The molecule has 98 valence electrons. The molecule has 8 heteroatoms. The molecule has 0 spiro atoms. The smallest absolute Gasteiger partial charge is 0.322 e. The van der Waals surface area contributed by atoms with Gasteiger partial charge < -0.3 is 15.7 Å². The van der Waals surface area contributed by atoms with Gasteiger partial charge >= 0.3 is 5.97 Å². The molecule has 8 nitrogen and oxygen atoms in total. The molecular weight excluding hydrogens is 240 g/mol. The van der Waals surface area contributed by atoms with Crippen LogP contribution in [-0.2, 0) is 14.4 Å². The van der Waals surface area contributed by atoms with Crippen molar-refractivity contribution in [1.82, 2.24) is 20.4 Å². The Balaban J connectivity index is 2.33. The summed E-state index contributed by atoms with van der Waals surface area (Å²) in [6.45, 7) is 0.901. The minimum absolute atomic E-state index is 0.266. The van der Waals surface area contributed by atoms with E-state index in [0.29, 0.717) is 0 Å². The molecule has 0 radical (unpaired) electrons. The number of hydrogen-bond acceptors (Lipinski definition) is 4. The molecule has 2 amide bonds. The third-order valence-electron chi connectivity index (χ3n) is 2.16. The predicted molar refractivity (Wildman–Crippen MR) is 60.6 cm³/mol. The van der Waals surface area contributed by atoms with E-state index in [1.165, 1.54) is 4.68 Å². The van der Waals surface area contributed by atoms with E-state index in [1.807, 2.05) is 0 Å². The summed E-state index contributed by atoms with van der Waals surface area (Å²) in [5.41, 5.74) is 0. The lowest BCUT2D eigenvalue weighted by Crippen LogP contribution is -2.41. The first kappa shape index (κ1) is 13.7. The molecule has 18 heavy (non-hydrogen) atoms. The quantitative estimate of drug-likeness (QED) is 0.587. The number of carbonyl (C=O) groups excluding carboxylic acids is 2. The summed E-state index contributed by atoms with van der Waals surface area (Å²) in [6.07, 6.45) is 3.18. The number of rotatable bonds is 6. The molecule has 0 saturated heterocycles. The summed E-state index contributed by atoms with van der Waals surface area (Å²) in [5, 5.41) is 16.8. The second-order valence-electron chi connectivity index (χ2n) is 3.55. The molecule has 0 saturated carbocycles. The average Bonchev–Trinajstić information content (AvgIpc) is 2.86. The molecule has 1 aromatic rings. The van der Waals surface area contributed by atoms with E-state index in [2.05, 4.69) is 15.7 Å². The number of aliphatic carboxylic acids is 1. The van der Waals surface area contributed by atoms with Crippen molar-refractivity contribution in [3.8, 4) is 0 Å². The van der Waals surface area contributed by atoms with Crippen LogP contribution in [0.4, 0.5) is 0 Å². The van der Waals surface area contributed by atoms with Gasteiger partial charge in [0.1, 0.15) is 12.6 Å². The molecular formula is C10H14N4O4. The van der Waals surface area contributed by atoms with E-state index in [4.69, 9.17) is 5.11 Å². The van der Waals surface area contributed by atoms with Crippen LogP contribution in [0.25, 0.3) is 0 Å². The van der Waals surface area contributed by atoms with Crippen molar-refractivity contribution >= 4 is 17.8 Å². The van der Waals surface area contributed by atoms with Gasteiger partial charge in [0.2, 0.25) is 11.8 Å². The Bertz CT molecular complexity index is 429. The number of carboxylic acid groups (broad SMARTS) is 1. The van der Waals surface area contributed by atoms with Crippen LogP contribution in [-0.4, -0.2) is 45.8 Å². The minimum atomic E-state index is -1.14. The third kappa shape index (κ3) is 4.24. The highest BCUT2D eigenvalue weighted by Crippen LogP contribution is 2.02. The number of aromatic nitrogens is 2. The summed E-state index contributed by atoms with van der Waals surface area (Å²) in [7, 11) is 0. The standard InChI is InChI=1S/C10H14N4O4/c1-7(14-4-2-3-13-14)10(18)12-5-8(15)11-6-9(16)17/h2-4,7H,5-6H2,1H3,(H,11,15)(H,12,18)(H,16,17). The second kappa shape index (κ2) is 6.38. The van der Waals surface area contributed by atoms with Gasteiger partial charge in [-0.3, -0.25) is 19.1 Å². The summed E-state index contributed by atoms with van der Waals surface area (Å²) in [5.74, 6) is -2.07. The molecule has 0 aliphatic heterocycles. The molecule has 1 atom stereocenters. The Morgan fingerprint density at radius 3 is 2.61 bits per heavy atom. The van der Waals surface area contributed by atoms with E-state index in [1.54, 1.807) is 25.4 Å². The molecule has 0 fully saturated rings. The molecule has 1 unspecified atom stereocenters. The van der Waals surface area contributed by atoms with Gasteiger partial charge in [0.15, 0.2) is 0 Å². The van der Waals surface area contributed by atoms with Crippen LogP contribution in [0.5, 0.6) is 0 Å². The molecule has 0 aromatic carbocycles. The average molecular weight is 254 g/mol. The molecule has 1 heterocycles. The van der Waals surface area contributed by atoms with Crippen molar-refractivity contribution < 1.29 is 19.5 Å². The lowest BCUT2D eigenvalue weighted by molar-refractivity contribution is -0.137. The van der Waals surface area contributed by atoms with Crippen LogP contribution < -0.4 is 10.6 Å². The molecule has 0 aliphatic rings. The second-order valence-corrected chi connectivity index (χ2v) is 3.55. The van der Waals surface area contributed by atoms with Crippen molar-refractivity contribution in [3.63, 3.8) is 0 Å². The van der Waals surface area contributed by atoms with Crippen LogP contribution in [0.2, 0.25) is 0 Å². The number of nitrogens with zero attached hydrogens (tertiary/aromatic N) is 2. The van der Waals surface area contributed by atoms with Gasteiger partial charge in [-0.1, -0.05) is 0 Å². The lowest BCUT2D eigenvalue weighted by Gasteiger charge is -2.12. The highest BCUT2D eigenvalue weighted by Gasteiger charge is 2.15. The molecule has 0 aliphatic carbocycles. The van der Waals surface area contributed by atoms with E-state index < -0.39 is 24.5 Å². The van der Waals surface area contributed by atoms with Crippen molar-refractivity contribution in [2.45, 2.75) is 13.0 Å². The van der Waals surface area contributed by atoms with Gasteiger partial charge in [0.05, 0.1) is 6.54 Å². The van der Waals surface area contributed by atoms with Crippen molar-refractivity contribution in [3.05, 3.63) is 18.5 Å². The van der Waals surface area contributed by atoms with Crippen LogP contribution in [0.1, 0.15) is 13.0 Å². The fourth-order valence-corrected chi connectivity index (χ4v) is 1.18. The number of amides is 2.